The van der Waals surface area contributed by atoms with E-state index in [-0.39, 0.29) is 36.0 Å². The first-order valence-electron chi connectivity index (χ1n) is 13.5. The van der Waals surface area contributed by atoms with Gasteiger partial charge in [0, 0.05) is 36.7 Å². The van der Waals surface area contributed by atoms with E-state index in [1.165, 1.54) is 24.1 Å². The molecule has 2 amide bonds. The maximum atomic E-state index is 14.2. The Hall–Kier alpha value is -4.16. The molecule has 1 atom stereocenters. The van der Waals surface area contributed by atoms with Gasteiger partial charge in [-0.05, 0) is 35.2 Å². The summed E-state index contributed by atoms with van der Waals surface area (Å²) in [7, 11) is -2.87. The SMILES string of the molecule is COc1ccc([N+](=O)[O-])cc1N(CC(=O)N(Cc1ccc(Cl)cc1)C(Cc1ccccc1)C(=O)NCC(C)C)S(C)(=O)=O. The average Bonchev–Trinajstić information content (AvgIpc) is 2.96. The maximum Gasteiger partial charge on any atom is 0.271 e. The number of anilines is 1. The van der Waals surface area contributed by atoms with Crippen molar-refractivity contribution in [2.24, 2.45) is 5.92 Å². The van der Waals surface area contributed by atoms with Crippen LogP contribution in [-0.4, -0.2) is 62.6 Å². The summed E-state index contributed by atoms with van der Waals surface area (Å²) in [6, 6.07) is 18.4. The zero-order valence-electron chi connectivity index (χ0n) is 24.4. The molecule has 1 N–H and O–H groups in total. The second-order valence-electron chi connectivity index (χ2n) is 10.4. The number of hydrogen-bond donors (Lipinski definition) is 1. The molecular weight excluding hydrogens is 596 g/mol. The molecule has 13 heteroatoms. The Balaban J connectivity index is 2.11. The van der Waals surface area contributed by atoms with Crippen LogP contribution in [0.3, 0.4) is 0 Å². The molecule has 1 unspecified atom stereocenters. The lowest BCUT2D eigenvalue weighted by Crippen LogP contribution is -2.53. The molecule has 230 valence electrons. The largest absolute Gasteiger partial charge is 0.495 e. The average molecular weight is 631 g/mol. The van der Waals surface area contributed by atoms with Crippen LogP contribution in [0, 0.1) is 16.0 Å². The quantitative estimate of drug-likeness (QED) is 0.205. The van der Waals surface area contributed by atoms with Crippen LogP contribution in [0.2, 0.25) is 5.02 Å². The summed E-state index contributed by atoms with van der Waals surface area (Å²) < 4.78 is 32.1. The number of amides is 2. The van der Waals surface area contributed by atoms with E-state index >= 15 is 0 Å². The Kier molecular flexibility index (Phi) is 11.5. The van der Waals surface area contributed by atoms with Gasteiger partial charge in [-0.25, -0.2) is 8.42 Å². The standard InChI is InChI=1S/C30H35ClN4O7S/c1-21(2)18-32-30(37)27(16-22-8-6-5-7-9-22)33(19-23-10-12-24(31)13-11-23)29(36)20-34(43(4,40)41)26-17-25(35(38)39)14-15-28(26)42-3/h5-15,17,21,27H,16,18-20H2,1-4H3,(H,32,37). The summed E-state index contributed by atoms with van der Waals surface area (Å²) in [5.41, 5.74) is 0.889. The first kappa shape index (κ1) is 33.3. The van der Waals surface area contributed by atoms with Crippen LogP contribution in [0.25, 0.3) is 0 Å². The van der Waals surface area contributed by atoms with E-state index in [0.717, 1.165) is 22.2 Å². The maximum absolute atomic E-state index is 14.2. The topological polar surface area (TPSA) is 139 Å². The van der Waals surface area contributed by atoms with Crippen molar-refractivity contribution in [2.75, 3.05) is 30.8 Å². The molecule has 0 saturated carbocycles. The molecule has 0 aliphatic rings. The smallest absolute Gasteiger partial charge is 0.271 e. The summed E-state index contributed by atoms with van der Waals surface area (Å²) >= 11 is 6.07. The molecule has 0 radical (unpaired) electrons. The minimum absolute atomic E-state index is 0.0172. The Morgan fingerprint density at radius 3 is 2.23 bits per heavy atom. The second-order valence-corrected chi connectivity index (χ2v) is 12.7. The fourth-order valence-electron chi connectivity index (χ4n) is 4.34. The van der Waals surface area contributed by atoms with Crippen molar-refractivity contribution in [1.82, 2.24) is 10.2 Å². The molecule has 0 aromatic heterocycles. The lowest BCUT2D eigenvalue weighted by atomic mass is 10.0. The molecule has 0 fully saturated rings. The van der Waals surface area contributed by atoms with Gasteiger partial charge in [0.25, 0.3) is 5.69 Å². The first-order valence-corrected chi connectivity index (χ1v) is 15.7. The zero-order chi connectivity index (χ0) is 31.7. The normalized spacial score (nSPS) is 12.0. The van der Waals surface area contributed by atoms with Crippen LogP contribution < -0.4 is 14.4 Å². The fourth-order valence-corrected chi connectivity index (χ4v) is 5.32. The third-order valence-electron chi connectivity index (χ3n) is 6.54. The Bertz CT molecular complexity index is 1530. The lowest BCUT2D eigenvalue weighted by Gasteiger charge is -2.34. The van der Waals surface area contributed by atoms with Gasteiger partial charge in [0.2, 0.25) is 21.8 Å². The Labute approximate surface area is 256 Å². The Morgan fingerprint density at radius 2 is 1.67 bits per heavy atom. The Morgan fingerprint density at radius 1 is 1.02 bits per heavy atom. The number of hydrogen-bond acceptors (Lipinski definition) is 7. The van der Waals surface area contributed by atoms with Crippen LogP contribution in [-0.2, 0) is 32.6 Å². The molecule has 0 aliphatic carbocycles. The summed E-state index contributed by atoms with van der Waals surface area (Å²) in [5, 5.41) is 14.9. The van der Waals surface area contributed by atoms with Crippen LogP contribution in [0.15, 0.2) is 72.8 Å². The second kappa shape index (κ2) is 14.8. The molecule has 0 saturated heterocycles. The third-order valence-corrected chi connectivity index (χ3v) is 7.92. The van der Waals surface area contributed by atoms with Gasteiger partial charge < -0.3 is 15.0 Å². The number of methoxy groups -OCH3 is 1. The number of non-ortho nitro benzene ring substituents is 1. The number of ether oxygens (including phenoxy) is 1. The van der Waals surface area contributed by atoms with E-state index in [9.17, 15) is 28.1 Å². The summed E-state index contributed by atoms with van der Waals surface area (Å²) in [6.07, 6.45) is 1.04. The molecule has 11 nitrogen and oxygen atoms in total. The van der Waals surface area contributed by atoms with Crippen molar-refractivity contribution in [3.05, 3.63) is 99.1 Å². The number of nitro benzene ring substituents is 1. The number of rotatable bonds is 14. The molecule has 43 heavy (non-hydrogen) atoms. The van der Waals surface area contributed by atoms with Gasteiger partial charge in [-0.2, -0.15) is 0 Å². The van der Waals surface area contributed by atoms with Crippen LogP contribution in [0.4, 0.5) is 11.4 Å². The summed E-state index contributed by atoms with van der Waals surface area (Å²) in [4.78, 5) is 40.0. The molecule has 0 spiro atoms. The first-order chi connectivity index (χ1) is 20.3. The number of nitro groups is 1. The number of nitrogens with one attached hydrogen (secondary N) is 1. The highest BCUT2D eigenvalue weighted by atomic mass is 35.5. The minimum atomic E-state index is -4.16. The van der Waals surface area contributed by atoms with Gasteiger partial charge in [0.15, 0.2) is 0 Å². The van der Waals surface area contributed by atoms with E-state index in [2.05, 4.69) is 5.32 Å². The highest BCUT2D eigenvalue weighted by molar-refractivity contribution is 7.92. The minimum Gasteiger partial charge on any atom is -0.495 e. The predicted octanol–water partition coefficient (Wildman–Crippen LogP) is 4.44. The van der Waals surface area contributed by atoms with Gasteiger partial charge in [0.1, 0.15) is 24.0 Å². The van der Waals surface area contributed by atoms with E-state index in [4.69, 9.17) is 16.3 Å². The van der Waals surface area contributed by atoms with Crippen molar-refractivity contribution < 1.29 is 27.7 Å². The number of carbonyl (C=O) groups is 2. The van der Waals surface area contributed by atoms with Gasteiger partial charge in [-0.15, -0.1) is 0 Å². The van der Waals surface area contributed by atoms with E-state index in [1.807, 2.05) is 44.2 Å². The molecule has 0 aliphatic heterocycles. The number of carbonyl (C=O) groups excluding carboxylic acids is 2. The number of halogens is 1. The molecule has 3 aromatic rings. The van der Waals surface area contributed by atoms with Gasteiger partial charge >= 0.3 is 0 Å². The summed E-state index contributed by atoms with van der Waals surface area (Å²) in [6.45, 7) is 3.48. The highest BCUT2D eigenvalue weighted by Gasteiger charge is 2.34. The van der Waals surface area contributed by atoms with Crippen LogP contribution >= 0.6 is 11.6 Å². The van der Waals surface area contributed by atoms with Crippen molar-refractivity contribution in [3.8, 4) is 5.75 Å². The van der Waals surface area contributed by atoms with E-state index in [1.54, 1.807) is 24.3 Å². The van der Waals surface area contributed by atoms with Gasteiger partial charge in [-0.1, -0.05) is 67.9 Å². The van der Waals surface area contributed by atoms with Crippen molar-refractivity contribution in [3.63, 3.8) is 0 Å². The molecular formula is C30H35ClN4O7S. The molecule has 3 rings (SSSR count). The highest BCUT2D eigenvalue weighted by Crippen LogP contribution is 2.34. The van der Waals surface area contributed by atoms with E-state index < -0.39 is 39.3 Å². The number of nitrogens with zero attached hydrogens (tertiary/aromatic N) is 3. The van der Waals surface area contributed by atoms with Crippen molar-refractivity contribution in [1.29, 1.82) is 0 Å². The van der Waals surface area contributed by atoms with Crippen LogP contribution in [0.5, 0.6) is 5.75 Å². The molecule has 3 aromatic carbocycles. The van der Waals surface area contributed by atoms with Crippen molar-refractivity contribution >= 4 is 44.8 Å². The zero-order valence-corrected chi connectivity index (χ0v) is 26.0. The van der Waals surface area contributed by atoms with Crippen LogP contribution in [0.1, 0.15) is 25.0 Å². The third kappa shape index (κ3) is 9.42. The number of sulfonamides is 1. The summed E-state index contributed by atoms with van der Waals surface area (Å²) in [5.74, 6) is -0.944. The predicted molar refractivity (Wildman–Crippen MR) is 166 cm³/mol. The molecule has 0 bridgehead atoms. The van der Waals surface area contributed by atoms with Gasteiger partial charge in [-0.3, -0.25) is 24.0 Å². The van der Waals surface area contributed by atoms with E-state index in [0.29, 0.717) is 17.1 Å². The lowest BCUT2D eigenvalue weighted by molar-refractivity contribution is -0.384. The number of benzene rings is 3. The monoisotopic (exact) mass is 630 g/mol. The molecule has 0 heterocycles. The van der Waals surface area contributed by atoms with Gasteiger partial charge in [0.05, 0.1) is 18.3 Å². The fraction of sp³-hybridized carbons (Fsp3) is 0.333. The van der Waals surface area contributed by atoms with Crippen molar-refractivity contribution in [2.45, 2.75) is 32.9 Å².